The molecule has 5 heterocycles. The number of aliphatic imine (C=N–C) groups is 1. The smallest absolute Gasteiger partial charge is 0.283 e. The molecular weight excluding hydrogens is 459 g/mol. The van der Waals surface area contributed by atoms with Crippen LogP contribution in [0.3, 0.4) is 0 Å². The molecule has 35 heavy (non-hydrogen) atoms. The zero-order valence-corrected chi connectivity index (χ0v) is 18.0. The first-order chi connectivity index (χ1) is 16.9. The van der Waals surface area contributed by atoms with Crippen molar-refractivity contribution >= 4 is 6.02 Å². The van der Waals surface area contributed by atoms with E-state index < -0.39 is 23.3 Å². The third kappa shape index (κ3) is 3.45. The van der Waals surface area contributed by atoms with Gasteiger partial charge in [0, 0.05) is 53.7 Å². The zero-order chi connectivity index (χ0) is 24.2. The second-order valence-corrected chi connectivity index (χ2v) is 8.15. The van der Waals surface area contributed by atoms with Gasteiger partial charge in [0.25, 0.3) is 12.0 Å². The Morgan fingerprint density at radius 2 is 1.80 bits per heavy atom. The van der Waals surface area contributed by atoms with Crippen LogP contribution in [0, 0.1) is 17.7 Å². The van der Waals surface area contributed by atoms with Crippen LogP contribution < -0.4 is 10.5 Å². The minimum absolute atomic E-state index is 0.0680. The van der Waals surface area contributed by atoms with Gasteiger partial charge < -0.3 is 15.2 Å². The summed E-state index contributed by atoms with van der Waals surface area (Å²) in [5.74, 6) is -1.88. The topological polar surface area (TPSA) is 95.5 Å². The molecule has 2 N–H and O–H groups in total. The Labute approximate surface area is 197 Å². The largest absolute Gasteiger partial charge is 0.452 e. The summed E-state index contributed by atoms with van der Waals surface area (Å²) in [6.07, 6.45) is 4.23. The van der Waals surface area contributed by atoms with Gasteiger partial charge in [0.05, 0.1) is 11.9 Å². The van der Waals surface area contributed by atoms with Gasteiger partial charge in [0.15, 0.2) is 11.4 Å². The summed E-state index contributed by atoms with van der Waals surface area (Å²) in [5, 5.41) is 0. The van der Waals surface area contributed by atoms with Gasteiger partial charge in [-0.1, -0.05) is 6.07 Å². The van der Waals surface area contributed by atoms with Gasteiger partial charge in [-0.3, -0.25) is 4.98 Å². The minimum atomic E-state index is -1.27. The van der Waals surface area contributed by atoms with E-state index in [1.807, 2.05) is 0 Å². The number of amidine groups is 1. The minimum Gasteiger partial charge on any atom is -0.452 e. The average Bonchev–Trinajstić information content (AvgIpc) is 2.85. The molecule has 2 aliphatic rings. The lowest BCUT2D eigenvalue weighted by atomic mass is 9.79. The van der Waals surface area contributed by atoms with Gasteiger partial charge in [0.1, 0.15) is 11.6 Å². The zero-order valence-electron chi connectivity index (χ0n) is 18.0. The lowest BCUT2D eigenvalue weighted by Crippen LogP contribution is -2.42. The number of halogens is 3. The van der Waals surface area contributed by atoms with Crippen LogP contribution in [-0.4, -0.2) is 27.5 Å². The maximum Gasteiger partial charge on any atom is 0.283 e. The number of hydrogen-bond acceptors (Lipinski definition) is 7. The van der Waals surface area contributed by atoms with E-state index in [-0.39, 0.29) is 17.5 Å². The predicted molar refractivity (Wildman–Crippen MR) is 120 cm³/mol. The first-order valence-corrected chi connectivity index (χ1v) is 10.7. The number of rotatable bonds is 2. The molecule has 6 rings (SSSR count). The molecule has 0 saturated carbocycles. The SMILES string of the molecule is NC1=NCC[C@]2(O1)c1cc(-c3cncc(F)c3)ccc1Oc1c2cc(-c2ccnc(F)c2)nc1F. The Balaban J connectivity index is 1.58. The number of hydrogen-bond donors (Lipinski definition) is 1. The summed E-state index contributed by atoms with van der Waals surface area (Å²) in [6.45, 7) is 0.305. The van der Waals surface area contributed by atoms with Crippen molar-refractivity contribution < 1.29 is 22.6 Å². The molecule has 7 nitrogen and oxygen atoms in total. The van der Waals surface area contributed by atoms with Crippen LogP contribution in [0.15, 0.2) is 66.0 Å². The summed E-state index contributed by atoms with van der Waals surface area (Å²) in [4.78, 5) is 15.6. The molecule has 0 saturated heterocycles. The number of ether oxygens (including phenoxy) is 2. The summed E-state index contributed by atoms with van der Waals surface area (Å²) in [7, 11) is 0. The highest BCUT2D eigenvalue weighted by atomic mass is 19.1. The Bertz CT molecular complexity index is 1530. The second kappa shape index (κ2) is 7.79. The molecule has 0 unspecified atom stereocenters. The summed E-state index contributed by atoms with van der Waals surface area (Å²) >= 11 is 0. The van der Waals surface area contributed by atoms with Crippen molar-refractivity contribution in [1.82, 2.24) is 15.0 Å². The van der Waals surface area contributed by atoms with Gasteiger partial charge >= 0.3 is 0 Å². The molecule has 0 fully saturated rings. The van der Waals surface area contributed by atoms with Gasteiger partial charge in [0.2, 0.25) is 5.95 Å². The van der Waals surface area contributed by atoms with E-state index in [0.29, 0.717) is 46.5 Å². The predicted octanol–water partition coefficient (Wildman–Crippen LogP) is 4.71. The molecule has 1 atom stereocenters. The van der Waals surface area contributed by atoms with Crippen molar-refractivity contribution in [3.63, 3.8) is 0 Å². The first kappa shape index (κ1) is 21.1. The van der Waals surface area contributed by atoms with Crippen molar-refractivity contribution in [2.75, 3.05) is 6.54 Å². The van der Waals surface area contributed by atoms with E-state index in [4.69, 9.17) is 15.2 Å². The molecule has 174 valence electrons. The standard InChI is InChI=1S/C25H16F3N5O2/c26-16-7-15(11-30-12-16)13-1-2-20-17(8-13)25(4-6-32-24(29)35-25)18-10-19(33-23(28)22(18)34-20)14-3-5-31-21(27)9-14/h1-3,5,7-12H,4,6H2,(H2,29,32)/t25-/m0/s1. The van der Waals surface area contributed by atoms with Crippen LogP contribution in [0.4, 0.5) is 13.2 Å². The maximum absolute atomic E-state index is 15.3. The van der Waals surface area contributed by atoms with Crippen LogP contribution in [-0.2, 0) is 10.3 Å². The van der Waals surface area contributed by atoms with Crippen molar-refractivity contribution in [3.05, 3.63) is 89.9 Å². The lowest BCUT2D eigenvalue weighted by molar-refractivity contribution is 0.0625. The van der Waals surface area contributed by atoms with Crippen LogP contribution in [0.5, 0.6) is 11.5 Å². The fourth-order valence-corrected chi connectivity index (χ4v) is 4.51. The van der Waals surface area contributed by atoms with Crippen molar-refractivity contribution in [3.8, 4) is 33.9 Å². The number of fused-ring (bicyclic) bond motifs is 4. The molecule has 0 radical (unpaired) electrons. The number of nitrogens with two attached hydrogens (primary N) is 1. The molecule has 1 aromatic carbocycles. The van der Waals surface area contributed by atoms with Crippen LogP contribution >= 0.6 is 0 Å². The lowest BCUT2D eigenvalue weighted by Gasteiger charge is -2.41. The quantitative estimate of drug-likeness (QED) is 0.422. The molecular formula is C25H16F3N5O2. The van der Waals surface area contributed by atoms with Crippen molar-refractivity contribution in [2.45, 2.75) is 12.0 Å². The van der Waals surface area contributed by atoms with Crippen LogP contribution in [0.2, 0.25) is 0 Å². The Kier molecular flexibility index (Phi) is 4.70. The second-order valence-electron chi connectivity index (χ2n) is 8.15. The molecule has 2 aliphatic heterocycles. The molecule has 0 bridgehead atoms. The van der Waals surface area contributed by atoms with Gasteiger partial charge in [-0.25, -0.2) is 19.4 Å². The highest BCUT2D eigenvalue weighted by molar-refractivity contribution is 5.76. The molecule has 4 aromatic rings. The van der Waals surface area contributed by atoms with Crippen LogP contribution in [0.1, 0.15) is 17.5 Å². The van der Waals surface area contributed by atoms with E-state index in [2.05, 4.69) is 19.9 Å². The fraction of sp³-hybridized carbons (Fsp3) is 0.120. The van der Waals surface area contributed by atoms with Crippen LogP contribution in [0.25, 0.3) is 22.4 Å². The average molecular weight is 475 g/mol. The third-order valence-corrected chi connectivity index (χ3v) is 6.06. The van der Waals surface area contributed by atoms with E-state index in [1.54, 1.807) is 24.3 Å². The number of pyridine rings is 3. The van der Waals surface area contributed by atoms with Crippen molar-refractivity contribution in [2.24, 2.45) is 10.7 Å². The molecule has 3 aromatic heterocycles. The monoisotopic (exact) mass is 475 g/mol. The number of benzene rings is 1. The number of aromatic nitrogens is 3. The van der Waals surface area contributed by atoms with E-state index in [9.17, 15) is 8.78 Å². The Morgan fingerprint density at radius 3 is 2.60 bits per heavy atom. The van der Waals surface area contributed by atoms with E-state index in [1.165, 1.54) is 24.5 Å². The van der Waals surface area contributed by atoms with Gasteiger partial charge in [-0.15, -0.1) is 0 Å². The maximum atomic E-state index is 15.3. The first-order valence-electron chi connectivity index (χ1n) is 10.7. The Hall–Kier alpha value is -4.47. The summed E-state index contributed by atoms with van der Waals surface area (Å²) in [6, 6.07) is 10.7. The van der Waals surface area contributed by atoms with Gasteiger partial charge in [-0.05, 0) is 35.9 Å². The summed E-state index contributed by atoms with van der Waals surface area (Å²) in [5.41, 5.74) is 7.30. The fourth-order valence-electron chi connectivity index (χ4n) is 4.51. The highest BCUT2D eigenvalue weighted by Gasteiger charge is 2.48. The number of nitrogens with zero attached hydrogens (tertiary/aromatic N) is 4. The third-order valence-electron chi connectivity index (χ3n) is 6.06. The van der Waals surface area contributed by atoms with Crippen molar-refractivity contribution in [1.29, 1.82) is 0 Å². The van der Waals surface area contributed by atoms with E-state index >= 15 is 4.39 Å². The Morgan fingerprint density at radius 1 is 0.914 bits per heavy atom. The molecule has 1 spiro atoms. The highest BCUT2D eigenvalue weighted by Crippen LogP contribution is 2.53. The summed E-state index contributed by atoms with van der Waals surface area (Å²) < 4.78 is 55.0. The molecule has 0 amide bonds. The molecule has 10 heteroatoms. The van der Waals surface area contributed by atoms with Gasteiger partial charge in [-0.2, -0.15) is 8.78 Å². The molecule has 0 aliphatic carbocycles. The normalized spacial score (nSPS) is 18.2. The van der Waals surface area contributed by atoms with E-state index in [0.717, 1.165) is 12.3 Å².